The van der Waals surface area contributed by atoms with E-state index in [0.29, 0.717) is 12.0 Å². The molecule has 0 aliphatic rings. The highest BCUT2D eigenvalue weighted by Crippen LogP contribution is 2.35. The zero-order chi connectivity index (χ0) is 18.7. The second-order valence-corrected chi connectivity index (χ2v) is 7.01. The number of phenols is 1. The van der Waals surface area contributed by atoms with E-state index >= 15 is 0 Å². The third-order valence-corrected chi connectivity index (χ3v) is 4.96. The van der Waals surface area contributed by atoms with Crippen LogP contribution in [0.1, 0.15) is 33.2 Å². The first kappa shape index (κ1) is 19.4. The van der Waals surface area contributed by atoms with Crippen LogP contribution in [-0.2, 0) is 11.2 Å². The van der Waals surface area contributed by atoms with Crippen LogP contribution in [0.4, 0.5) is 4.39 Å². The number of rotatable bonds is 6. The van der Waals surface area contributed by atoms with Crippen LogP contribution in [0, 0.1) is 19.7 Å². The van der Waals surface area contributed by atoms with E-state index in [4.69, 9.17) is 11.6 Å². The normalized spacial score (nSPS) is 13.7. The Kier molecular flexibility index (Phi) is 6.20. The molecule has 0 heterocycles. The average molecular weight is 363 g/mol. The molecular weight excluding hydrogens is 341 g/mol. The fourth-order valence-corrected chi connectivity index (χ4v) is 3.79. The Hall–Kier alpha value is -1.91. The second kappa shape index (κ2) is 7.98. The van der Waals surface area contributed by atoms with Gasteiger partial charge in [0, 0.05) is 11.6 Å². The van der Waals surface area contributed by atoms with Crippen molar-refractivity contribution in [3.05, 3.63) is 64.0 Å². The summed E-state index contributed by atoms with van der Waals surface area (Å²) in [6.45, 7) is 3.80. The van der Waals surface area contributed by atoms with Crippen LogP contribution >= 0.6 is 11.6 Å². The second-order valence-electron chi connectivity index (χ2n) is 6.54. The van der Waals surface area contributed by atoms with Crippen molar-refractivity contribution in [1.82, 2.24) is 4.90 Å². The van der Waals surface area contributed by atoms with E-state index in [2.05, 4.69) is 0 Å². The van der Waals surface area contributed by atoms with E-state index in [1.807, 2.05) is 32.8 Å². The van der Waals surface area contributed by atoms with Gasteiger partial charge in [-0.3, -0.25) is 4.79 Å². The van der Waals surface area contributed by atoms with Crippen LogP contribution in [-0.4, -0.2) is 36.4 Å². The van der Waals surface area contributed by atoms with Crippen LogP contribution < -0.4 is 0 Å². The van der Waals surface area contributed by atoms with Crippen molar-refractivity contribution in [2.24, 2.45) is 0 Å². The number of benzene rings is 2. The molecule has 1 N–H and O–H groups in total. The maximum atomic E-state index is 14.3. The van der Waals surface area contributed by atoms with Gasteiger partial charge in [-0.15, -0.1) is 11.6 Å². The topological polar surface area (TPSA) is 40.5 Å². The average Bonchev–Trinajstić information content (AvgIpc) is 2.52. The Morgan fingerprint density at radius 3 is 2.28 bits per heavy atom. The summed E-state index contributed by atoms with van der Waals surface area (Å²) >= 11 is 6.78. The molecular formula is C20H22ClFNO2. The van der Waals surface area contributed by atoms with Gasteiger partial charge >= 0.3 is 0 Å². The highest BCUT2D eigenvalue weighted by molar-refractivity contribution is 6.21. The molecule has 0 spiro atoms. The Balaban J connectivity index is 2.37. The fraction of sp³-hybridized carbons (Fsp3) is 0.350. The predicted molar refractivity (Wildman–Crippen MR) is 98.5 cm³/mol. The van der Waals surface area contributed by atoms with Crippen molar-refractivity contribution in [3.63, 3.8) is 0 Å². The number of carbonyl (C=O) groups excluding carboxylic acids is 1. The highest BCUT2D eigenvalue weighted by Gasteiger charge is 2.27. The lowest BCUT2D eigenvalue weighted by Crippen LogP contribution is -2.34. The number of aromatic hydroxyl groups is 1. The van der Waals surface area contributed by atoms with Crippen molar-refractivity contribution in [3.8, 4) is 5.75 Å². The molecule has 2 aromatic carbocycles. The van der Waals surface area contributed by atoms with Crippen LogP contribution in [0.15, 0.2) is 30.3 Å². The quantitative estimate of drug-likeness (QED) is 0.788. The minimum atomic E-state index is -0.435. The van der Waals surface area contributed by atoms with Gasteiger partial charge in [0.2, 0.25) is 6.29 Å². The van der Waals surface area contributed by atoms with Crippen molar-refractivity contribution in [2.75, 3.05) is 14.1 Å². The molecule has 25 heavy (non-hydrogen) atoms. The van der Waals surface area contributed by atoms with Gasteiger partial charge in [-0.1, -0.05) is 12.1 Å². The molecule has 0 amide bonds. The summed E-state index contributed by atoms with van der Waals surface area (Å²) in [4.78, 5) is 12.6. The van der Waals surface area contributed by atoms with Gasteiger partial charge in [0.15, 0.2) is 0 Å². The highest BCUT2D eigenvalue weighted by atomic mass is 35.5. The van der Waals surface area contributed by atoms with Crippen LogP contribution in [0.25, 0.3) is 0 Å². The molecule has 0 saturated carbocycles. The van der Waals surface area contributed by atoms with Crippen molar-refractivity contribution >= 4 is 17.9 Å². The van der Waals surface area contributed by atoms with Gasteiger partial charge in [-0.2, -0.15) is 0 Å². The number of halogens is 2. The molecule has 2 aromatic rings. The van der Waals surface area contributed by atoms with Gasteiger partial charge in [0.1, 0.15) is 11.6 Å². The summed E-state index contributed by atoms with van der Waals surface area (Å²) in [5, 5.41) is 9.35. The lowest BCUT2D eigenvalue weighted by Gasteiger charge is -2.31. The molecule has 0 aliphatic carbocycles. The molecule has 133 valence electrons. The lowest BCUT2D eigenvalue weighted by atomic mass is 9.91. The summed E-state index contributed by atoms with van der Waals surface area (Å²) in [5.41, 5.74) is 3.43. The van der Waals surface area contributed by atoms with Crippen LogP contribution in [0.2, 0.25) is 0 Å². The van der Waals surface area contributed by atoms with E-state index in [9.17, 15) is 14.3 Å². The van der Waals surface area contributed by atoms with E-state index in [0.717, 1.165) is 16.7 Å². The first-order valence-electron chi connectivity index (χ1n) is 8.01. The third-order valence-electron chi connectivity index (χ3n) is 4.46. The number of likely N-dealkylation sites (N-methyl/N-ethyl adjacent to an activating group) is 1. The third kappa shape index (κ3) is 4.39. The molecule has 2 rings (SSSR count). The minimum Gasteiger partial charge on any atom is -0.508 e. The zero-order valence-corrected chi connectivity index (χ0v) is 15.6. The largest absolute Gasteiger partial charge is 0.508 e. The molecule has 0 aromatic heterocycles. The molecule has 0 saturated heterocycles. The summed E-state index contributed by atoms with van der Waals surface area (Å²) < 4.78 is 14.3. The minimum absolute atomic E-state index is 0.163. The predicted octanol–water partition coefficient (Wildman–Crippen LogP) is 4.06. The van der Waals surface area contributed by atoms with Gasteiger partial charge in [0.05, 0.1) is 5.38 Å². The SMILES string of the molecule is Cc1cc(O)cc(C)c1[C@H](Cl)[C@H](Cc1ccc([C]=O)cc1F)N(C)C. The van der Waals surface area contributed by atoms with E-state index in [1.165, 1.54) is 6.07 Å². The van der Waals surface area contributed by atoms with Gasteiger partial charge in [-0.25, -0.2) is 4.39 Å². The van der Waals surface area contributed by atoms with Crippen LogP contribution in [0.5, 0.6) is 5.75 Å². The van der Waals surface area contributed by atoms with Gasteiger partial charge in [0.25, 0.3) is 0 Å². The number of hydrogen-bond acceptors (Lipinski definition) is 3. The number of nitrogens with zero attached hydrogens (tertiary/aromatic N) is 1. The van der Waals surface area contributed by atoms with Crippen molar-refractivity contribution < 1.29 is 14.3 Å². The standard InChI is InChI=1S/C20H22ClFNO2/c1-12-7-16(25)8-13(2)19(12)20(21)18(23(3)4)10-15-6-5-14(11-24)9-17(15)22/h5-9,18,20,25H,10H2,1-4H3/t18-,20+/m0/s1. The number of hydrogen-bond donors (Lipinski definition) is 1. The zero-order valence-electron chi connectivity index (χ0n) is 14.8. The van der Waals surface area contributed by atoms with E-state index < -0.39 is 5.82 Å². The molecule has 2 atom stereocenters. The lowest BCUT2D eigenvalue weighted by molar-refractivity contribution is 0.280. The number of alkyl halides is 1. The summed E-state index contributed by atoms with van der Waals surface area (Å²) in [5.74, 6) is -0.230. The van der Waals surface area contributed by atoms with Gasteiger partial charge < -0.3 is 10.0 Å². The maximum Gasteiger partial charge on any atom is 0.233 e. The molecule has 1 radical (unpaired) electrons. The van der Waals surface area contributed by atoms with Crippen molar-refractivity contribution in [2.45, 2.75) is 31.7 Å². The van der Waals surface area contributed by atoms with Crippen molar-refractivity contribution in [1.29, 1.82) is 0 Å². The summed E-state index contributed by atoms with van der Waals surface area (Å²) in [6, 6.07) is 7.54. The monoisotopic (exact) mass is 362 g/mol. The molecule has 0 unspecified atom stereocenters. The molecule has 0 aliphatic heterocycles. The summed E-state index contributed by atoms with van der Waals surface area (Å²) in [6.07, 6.45) is 2.08. The smallest absolute Gasteiger partial charge is 0.233 e. The molecule has 0 bridgehead atoms. The van der Waals surface area contributed by atoms with E-state index in [-0.39, 0.29) is 22.7 Å². The molecule has 5 heteroatoms. The number of phenolic OH excluding ortho intramolecular Hbond substituents is 1. The first-order chi connectivity index (χ1) is 11.7. The Morgan fingerprint density at radius 2 is 1.80 bits per heavy atom. The van der Waals surface area contributed by atoms with E-state index in [1.54, 1.807) is 30.6 Å². The molecule has 0 fully saturated rings. The first-order valence-corrected chi connectivity index (χ1v) is 8.45. The van der Waals surface area contributed by atoms with Gasteiger partial charge in [-0.05, 0) is 74.8 Å². The summed E-state index contributed by atoms with van der Waals surface area (Å²) in [7, 11) is 3.80. The maximum absolute atomic E-state index is 14.3. The Labute approximate surface area is 153 Å². The fourth-order valence-electron chi connectivity index (χ4n) is 3.13. The molecule has 3 nitrogen and oxygen atoms in total. The van der Waals surface area contributed by atoms with Crippen LogP contribution in [0.3, 0.4) is 0 Å². The Bertz CT molecular complexity index is 753. The number of aryl methyl sites for hydroxylation is 2. The Morgan fingerprint density at radius 1 is 1.20 bits per heavy atom.